The van der Waals surface area contributed by atoms with E-state index in [-0.39, 0.29) is 29.3 Å². The Balaban J connectivity index is 1.19. The van der Waals surface area contributed by atoms with Crippen molar-refractivity contribution in [2.24, 2.45) is 5.41 Å². The Kier molecular flexibility index (Phi) is 9.47. The summed E-state index contributed by atoms with van der Waals surface area (Å²) in [5.41, 5.74) is 4.50. The molecule has 0 bridgehead atoms. The molecule has 1 saturated carbocycles. The molecule has 1 amide bonds. The molecule has 5 heterocycles. The minimum absolute atomic E-state index is 0.0109. The third kappa shape index (κ3) is 6.54. The molecule has 4 aliphatic rings. The monoisotopic (exact) mass is 752 g/mol. The summed E-state index contributed by atoms with van der Waals surface area (Å²) in [6, 6.07) is 15.4. The number of piperazine rings is 1. The zero-order chi connectivity index (χ0) is 38.0. The van der Waals surface area contributed by atoms with Crippen molar-refractivity contribution in [3.63, 3.8) is 0 Å². The van der Waals surface area contributed by atoms with E-state index < -0.39 is 5.60 Å². The van der Waals surface area contributed by atoms with Gasteiger partial charge in [0.05, 0.1) is 33.9 Å². The highest BCUT2D eigenvalue weighted by Crippen LogP contribution is 2.56. The average molecular weight is 753 g/mol. The van der Waals surface area contributed by atoms with Crippen LogP contribution >= 0.6 is 11.6 Å². The fraction of sp³-hybridized carbons (Fsp3) is 0.571. The molecule has 0 radical (unpaired) electrons. The van der Waals surface area contributed by atoms with Crippen molar-refractivity contribution in [1.82, 2.24) is 29.4 Å². The molecule has 1 spiro atoms. The molecule has 2 atom stereocenters. The van der Waals surface area contributed by atoms with Gasteiger partial charge >= 0.3 is 6.09 Å². The van der Waals surface area contributed by atoms with Gasteiger partial charge in [-0.15, -0.1) is 0 Å². The van der Waals surface area contributed by atoms with E-state index in [2.05, 4.69) is 66.1 Å². The number of halogens is 1. The summed E-state index contributed by atoms with van der Waals surface area (Å²) < 4.78 is 15.8. The molecule has 4 fully saturated rings. The number of carbonyl (C=O) groups is 1. The maximum atomic E-state index is 12.8. The maximum Gasteiger partial charge on any atom is 0.410 e. The number of hydrogen-bond acceptors (Lipinski definition) is 8. The predicted octanol–water partition coefficient (Wildman–Crippen LogP) is 8.50. The molecule has 12 heteroatoms. The molecule has 3 aliphatic heterocycles. The van der Waals surface area contributed by atoms with Gasteiger partial charge in [-0.05, 0) is 90.3 Å². The summed E-state index contributed by atoms with van der Waals surface area (Å²) >= 11 is 7.37. The van der Waals surface area contributed by atoms with E-state index in [4.69, 9.17) is 31.3 Å². The van der Waals surface area contributed by atoms with E-state index in [9.17, 15) is 10.1 Å². The number of anilines is 1. The van der Waals surface area contributed by atoms with E-state index in [0.29, 0.717) is 30.4 Å². The number of nitriles is 1. The fourth-order valence-electron chi connectivity index (χ4n) is 9.28. The molecule has 1 aliphatic carbocycles. The van der Waals surface area contributed by atoms with E-state index >= 15 is 0 Å². The second-order valence-corrected chi connectivity index (χ2v) is 17.8. The van der Waals surface area contributed by atoms with Crippen molar-refractivity contribution < 1.29 is 14.3 Å². The first-order chi connectivity index (χ1) is 25.8. The highest BCUT2D eigenvalue weighted by atomic mass is 35.5. The number of ether oxygens (including phenoxy) is 2. The number of amides is 1. The van der Waals surface area contributed by atoms with Crippen LogP contribution in [0.3, 0.4) is 0 Å². The number of aryl methyl sites for hydroxylation is 1. The van der Waals surface area contributed by atoms with Crippen molar-refractivity contribution >= 4 is 34.4 Å². The largest absolute Gasteiger partial charge is 0.444 e. The van der Waals surface area contributed by atoms with Gasteiger partial charge in [-0.3, -0.25) is 4.90 Å². The van der Waals surface area contributed by atoms with Gasteiger partial charge in [-0.2, -0.15) is 15.5 Å². The van der Waals surface area contributed by atoms with Crippen LogP contribution in [0.5, 0.6) is 0 Å². The predicted molar refractivity (Wildman–Crippen MR) is 211 cm³/mol. The molecule has 4 aromatic rings. The van der Waals surface area contributed by atoms with Gasteiger partial charge in [0.2, 0.25) is 0 Å². The van der Waals surface area contributed by atoms with Gasteiger partial charge in [0.15, 0.2) is 12.0 Å². The highest BCUT2D eigenvalue weighted by molar-refractivity contribution is 6.36. The van der Waals surface area contributed by atoms with E-state index in [1.165, 1.54) is 5.56 Å². The third-order valence-electron chi connectivity index (χ3n) is 12.2. The second-order valence-electron chi connectivity index (χ2n) is 17.4. The SMILES string of the molecule is CC[C@@]1(C)CN(Cc2ccccc2)CCN1c1nn(C2CC3(C2)CN(C(=O)OC(C)(C)C)C3)c(C#N)c1-c1c(Cl)c(C)cc2c1cnn2C1CCCCO1. The van der Waals surface area contributed by atoms with Crippen LogP contribution in [0.2, 0.25) is 5.02 Å². The smallest absolute Gasteiger partial charge is 0.410 e. The number of rotatable bonds is 7. The van der Waals surface area contributed by atoms with Crippen LogP contribution in [-0.4, -0.2) is 85.9 Å². The molecule has 11 nitrogen and oxygen atoms in total. The zero-order valence-corrected chi connectivity index (χ0v) is 33.3. The Labute approximate surface area is 323 Å². The molecule has 2 aromatic carbocycles. The first kappa shape index (κ1) is 36.8. The lowest BCUT2D eigenvalue weighted by Gasteiger charge is -2.58. The lowest BCUT2D eigenvalue weighted by atomic mass is 9.61. The van der Waals surface area contributed by atoms with Crippen LogP contribution in [0, 0.1) is 23.7 Å². The third-order valence-corrected chi connectivity index (χ3v) is 12.7. The summed E-state index contributed by atoms with van der Waals surface area (Å²) in [4.78, 5) is 19.6. The van der Waals surface area contributed by atoms with Gasteiger partial charge in [0.25, 0.3) is 0 Å². The zero-order valence-electron chi connectivity index (χ0n) is 32.6. The van der Waals surface area contributed by atoms with Crippen LogP contribution in [0.4, 0.5) is 10.6 Å². The van der Waals surface area contributed by atoms with Crippen LogP contribution in [0.1, 0.15) is 102 Å². The number of likely N-dealkylation sites (tertiary alicyclic amines) is 1. The Morgan fingerprint density at radius 3 is 2.52 bits per heavy atom. The van der Waals surface area contributed by atoms with Crippen LogP contribution in [-0.2, 0) is 16.0 Å². The van der Waals surface area contributed by atoms with Crippen molar-refractivity contribution in [2.45, 2.75) is 110 Å². The average Bonchev–Trinajstić information content (AvgIpc) is 3.69. The number of nitrogens with zero attached hydrogens (tertiary/aromatic N) is 8. The van der Waals surface area contributed by atoms with Crippen LogP contribution < -0.4 is 4.90 Å². The quantitative estimate of drug-likeness (QED) is 0.185. The summed E-state index contributed by atoms with van der Waals surface area (Å²) in [5, 5.41) is 23.0. The van der Waals surface area contributed by atoms with Crippen molar-refractivity contribution in [1.29, 1.82) is 5.26 Å². The summed E-state index contributed by atoms with van der Waals surface area (Å²) in [6.07, 6.45) is 7.10. The Morgan fingerprint density at radius 1 is 1.09 bits per heavy atom. The summed E-state index contributed by atoms with van der Waals surface area (Å²) in [5.74, 6) is 0.802. The van der Waals surface area contributed by atoms with Crippen molar-refractivity contribution in [2.75, 3.05) is 44.2 Å². The summed E-state index contributed by atoms with van der Waals surface area (Å²) in [7, 11) is 0. The molecule has 0 N–H and O–H groups in total. The van der Waals surface area contributed by atoms with Gasteiger partial charge in [-0.25, -0.2) is 14.2 Å². The Bertz CT molecular complexity index is 2080. The van der Waals surface area contributed by atoms with Crippen LogP contribution in [0.15, 0.2) is 42.6 Å². The lowest BCUT2D eigenvalue weighted by Crippen LogP contribution is -2.64. The first-order valence-corrected chi connectivity index (χ1v) is 20.0. The van der Waals surface area contributed by atoms with E-state index in [0.717, 1.165) is 98.1 Å². The standard InChI is InChI=1S/C42H53ClN8O3/c1-7-41(6)25-47(24-29-13-9-8-10-14-29)16-17-49(41)38-36(35-31-23-45-51(34-15-11-12-18-53-34)32(31)19-28(2)37(35)43)33(22-44)50(46-38)30-20-42(21-30)26-48(27-42)39(52)54-40(3,4)5/h8-10,13-14,19,23,30,34H,7,11-12,15-18,20-21,24-27H2,1-6H3/t34?,41-/m0/s1. The van der Waals surface area contributed by atoms with E-state index in [1.807, 2.05) is 43.3 Å². The summed E-state index contributed by atoms with van der Waals surface area (Å²) in [6.45, 7) is 17.7. The van der Waals surface area contributed by atoms with Gasteiger partial charge < -0.3 is 19.3 Å². The number of fused-ring (bicyclic) bond motifs is 1. The number of aromatic nitrogens is 4. The Hall–Kier alpha value is -4.11. The normalized spacial score (nSPS) is 23.3. The number of benzene rings is 2. The highest BCUT2D eigenvalue weighted by Gasteiger charge is 2.56. The molecule has 1 unspecified atom stereocenters. The molecule has 54 heavy (non-hydrogen) atoms. The van der Waals surface area contributed by atoms with Crippen LogP contribution in [0.25, 0.3) is 22.0 Å². The molecule has 8 rings (SSSR count). The first-order valence-electron chi connectivity index (χ1n) is 19.6. The Morgan fingerprint density at radius 2 is 1.85 bits per heavy atom. The van der Waals surface area contributed by atoms with Gasteiger partial charge in [0, 0.05) is 62.2 Å². The van der Waals surface area contributed by atoms with Gasteiger partial charge in [0.1, 0.15) is 17.4 Å². The van der Waals surface area contributed by atoms with Crippen molar-refractivity contribution in [3.8, 4) is 17.2 Å². The molecular weight excluding hydrogens is 700 g/mol. The van der Waals surface area contributed by atoms with Gasteiger partial charge in [-0.1, -0.05) is 48.9 Å². The molecular formula is C42H53ClN8O3. The topological polar surface area (TPSA) is 105 Å². The van der Waals surface area contributed by atoms with E-state index in [1.54, 1.807) is 4.90 Å². The minimum Gasteiger partial charge on any atom is -0.444 e. The fourth-order valence-corrected chi connectivity index (χ4v) is 9.53. The second kappa shape index (κ2) is 13.9. The number of carbonyl (C=O) groups excluding carboxylic acids is 1. The lowest BCUT2D eigenvalue weighted by molar-refractivity contribution is -0.0928. The number of hydrogen-bond donors (Lipinski definition) is 0. The molecule has 3 saturated heterocycles. The maximum absolute atomic E-state index is 12.8. The molecule has 2 aromatic heterocycles. The minimum atomic E-state index is -0.534. The molecule has 286 valence electrons. The van der Waals surface area contributed by atoms with Crippen molar-refractivity contribution in [3.05, 3.63) is 64.4 Å².